The summed E-state index contributed by atoms with van der Waals surface area (Å²) in [7, 11) is 1.05. The summed E-state index contributed by atoms with van der Waals surface area (Å²) in [5.41, 5.74) is -0.733. The third-order valence-electron chi connectivity index (χ3n) is 1.74. The molecule has 0 aliphatic heterocycles. The van der Waals surface area contributed by atoms with Crippen LogP contribution in [0.1, 0.15) is 10.4 Å². The van der Waals surface area contributed by atoms with Crippen molar-refractivity contribution in [2.24, 2.45) is 0 Å². The van der Waals surface area contributed by atoms with Crippen LogP contribution in [0, 0.1) is 5.82 Å². The predicted molar refractivity (Wildman–Crippen MR) is 51.0 cm³/mol. The van der Waals surface area contributed by atoms with Gasteiger partial charge in [0.25, 0.3) is 5.78 Å². The van der Waals surface area contributed by atoms with Crippen LogP contribution in [0.15, 0.2) is 16.6 Å². The number of carbonyl (C=O) groups excluding carboxylic acids is 1. The Labute approximate surface area is 96.3 Å². The summed E-state index contributed by atoms with van der Waals surface area (Å²) < 4.78 is 53.8. The van der Waals surface area contributed by atoms with Gasteiger partial charge in [0.1, 0.15) is 11.6 Å². The molecule has 0 amide bonds. The van der Waals surface area contributed by atoms with E-state index in [1.165, 1.54) is 0 Å². The molecule has 0 saturated heterocycles. The number of alkyl halides is 3. The Morgan fingerprint density at radius 1 is 1.38 bits per heavy atom. The molecule has 0 aromatic heterocycles. The summed E-state index contributed by atoms with van der Waals surface area (Å²) in [6.07, 6.45) is -5.02. The summed E-state index contributed by atoms with van der Waals surface area (Å²) in [6.45, 7) is 0. The van der Waals surface area contributed by atoms with Crippen molar-refractivity contribution in [3.63, 3.8) is 0 Å². The lowest BCUT2D eigenvalue weighted by molar-refractivity contribution is -0.0886. The maximum atomic E-state index is 13.0. The molecule has 0 fully saturated rings. The van der Waals surface area contributed by atoms with Crippen molar-refractivity contribution in [3.8, 4) is 5.75 Å². The van der Waals surface area contributed by atoms with Crippen LogP contribution in [0.3, 0.4) is 0 Å². The summed E-state index contributed by atoms with van der Waals surface area (Å²) >= 11 is 2.69. The van der Waals surface area contributed by atoms with Gasteiger partial charge in [-0.15, -0.1) is 0 Å². The Kier molecular flexibility index (Phi) is 3.57. The monoisotopic (exact) mass is 300 g/mol. The molecule has 1 aromatic rings. The van der Waals surface area contributed by atoms with E-state index in [2.05, 4.69) is 20.7 Å². The van der Waals surface area contributed by atoms with Gasteiger partial charge in [-0.1, -0.05) is 0 Å². The first-order chi connectivity index (χ1) is 7.27. The molecule has 0 heterocycles. The van der Waals surface area contributed by atoms with Crippen molar-refractivity contribution in [2.45, 2.75) is 6.18 Å². The van der Waals surface area contributed by atoms with Crippen molar-refractivity contribution in [1.82, 2.24) is 0 Å². The van der Waals surface area contributed by atoms with Gasteiger partial charge in [0, 0.05) is 6.07 Å². The molecule has 0 N–H and O–H groups in total. The van der Waals surface area contributed by atoms with Gasteiger partial charge in [-0.2, -0.15) is 13.2 Å². The zero-order valence-electron chi connectivity index (χ0n) is 7.86. The summed E-state index contributed by atoms with van der Waals surface area (Å²) in [4.78, 5) is 11.0. The molecule has 88 valence electrons. The molecule has 0 spiro atoms. The number of hydrogen-bond donors (Lipinski definition) is 0. The second-order valence-electron chi connectivity index (χ2n) is 2.79. The van der Waals surface area contributed by atoms with Gasteiger partial charge in [0.2, 0.25) is 0 Å². The van der Waals surface area contributed by atoms with E-state index >= 15 is 0 Å². The van der Waals surface area contributed by atoms with Crippen molar-refractivity contribution in [2.75, 3.05) is 7.11 Å². The molecular formula is C9H5BrF4O2. The van der Waals surface area contributed by atoms with Gasteiger partial charge < -0.3 is 4.74 Å². The molecule has 0 atom stereocenters. The van der Waals surface area contributed by atoms with Crippen LogP contribution in [0.5, 0.6) is 5.75 Å². The predicted octanol–water partition coefficient (Wildman–Crippen LogP) is 3.34. The third kappa shape index (κ3) is 2.52. The molecule has 1 aromatic carbocycles. The minimum atomic E-state index is -5.02. The van der Waals surface area contributed by atoms with Crippen LogP contribution in [-0.4, -0.2) is 19.1 Å². The molecule has 0 radical (unpaired) electrons. The molecule has 2 nitrogen and oxygen atoms in total. The number of rotatable bonds is 2. The number of carbonyl (C=O) groups is 1. The van der Waals surface area contributed by atoms with Crippen molar-refractivity contribution in [3.05, 3.63) is 28.0 Å². The third-order valence-corrected chi connectivity index (χ3v) is 2.35. The van der Waals surface area contributed by atoms with Crippen LogP contribution < -0.4 is 4.74 Å². The van der Waals surface area contributed by atoms with E-state index in [0.29, 0.717) is 6.07 Å². The zero-order chi connectivity index (χ0) is 12.5. The van der Waals surface area contributed by atoms with Gasteiger partial charge in [0.05, 0.1) is 17.1 Å². The first-order valence-electron chi connectivity index (χ1n) is 3.92. The van der Waals surface area contributed by atoms with Crippen LogP contribution >= 0.6 is 15.9 Å². The maximum absolute atomic E-state index is 13.0. The first-order valence-corrected chi connectivity index (χ1v) is 4.71. The topological polar surface area (TPSA) is 26.3 Å². The SMILES string of the molecule is COc1cc(F)c(Br)cc1C(=O)C(F)(F)F. The molecule has 0 saturated carbocycles. The Bertz CT molecular complexity index is 428. The van der Waals surface area contributed by atoms with Crippen LogP contribution in [0.25, 0.3) is 0 Å². The fourth-order valence-electron chi connectivity index (χ4n) is 1.03. The molecule has 0 bridgehead atoms. The smallest absolute Gasteiger partial charge is 0.455 e. The average molecular weight is 301 g/mol. The van der Waals surface area contributed by atoms with Crippen LogP contribution in [0.4, 0.5) is 17.6 Å². The van der Waals surface area contributed by atoms with E-state index < -0.39 is 29.1 Å². The second kappa shape index (κ2) is 4.40. The van der Waals surface area contributed by atoms with E-state index in [0.717, 1.165) is 13.2 Å². The second-order valence-corrected chi connectivity index (χ2v) is 3.65. The molecule has 0 aliphatic carbocycles. The number of benzene rings is 1. The highest BCUT2D eigenvalue weighted by atomic mass is 79.9. The van der Waals surface area contributed by atoms with Crippen molar-refractivity contribution in [1.29, 1.82) is 0 Å². The number of halogens is 5. The minimum Gasteiger partial charge on any atom is -0.496 e. The number of hydrogen-bond acceptors (Lipinski definition) is 2. The number of methoxy groups -OCH3 is 1. The summed E-state index contributed by atoms with van der Waals surface area (Å²) in [6, 6.07) is 1.45. The Morgan fingerprint density at radius 2 is 1.94 bits per heavy atom. The molecule has 0 unspecified atom stereocenters. The van der Waals surface area contributed by atoms with Gasteiger partial charge >= 0.3 is 6.18 Å². The summed E-state index contributed by atoms with van der Waals surface area (Å²) in [5.74, 6) is -3.34. The van der Waals surface area contributed by atoms with E-state index in [4.69, 9.17) is 0 Å². The Morgan fingerprint density at radius 3 is 2.38 bits per heavy atom. The van der Waals surface area contributed by atoms with E-state index in [1.807, 2.05) is 0 Å². The number of ketones is 1. The molecule has 0 aliphatic rings. The zero-order valence-corrected chi connectivity index (χ0v) is 9.45. The van der Waals surface area contributed by atoms with Gasteiger partial charge in [-0.25, -0.2) is 4.39 Å². The number of Topliss-reactive ketones (excluding diaryl/α,β-unsaturated/α-hetero) is 1. The highest BCUT2D eigenvalue weighted by molar-refractivity contribution is 9.10. The van der Waals surface area contributed by atoms with Gasteiger partial charge in [0.15, 0.2) is 0 Å². The van der Waals surface area contributed by atoms with Gasteiger partial charge in [-0.05, 0) is 22.0 Å². The molecule has 16 heavy (non-hydrogen) atoms. The van der Waals surface area contributed by atoms with E-state index in [-0.39, 0.29) is 4.47 Å². The Hall–Kier alpha value is -1.11. The minimum absolute atomic E-state index is 0.235. The quantitative estimate of drug-likeness (QED) is 0.618. The molecule has 1 rings (SSSR count). The highest BCUT2D eigenvalue weighted by Gasteiger charge is 2.41. The van der Waals surface area contributed by atoms with E-state index in [1.54, 1.807) is 0 Å². The lowest BCUT2D eigenvalue weighted by atomic mass is 10.1. The first kappa shape index (κ1) is 13.0. The standard InChI is InChI=1S/C9H5BrF4O2/c1-16-7-3-6(11)5(10)2-4(7)8(15)9(12,13)14/h2-3H,1H3. The van der Waals surface area contributed by atoms with Crippen molar-refractivity contribution < 1.29 is 27.1 Å². The largest absolute Gasteiger partial charge is 0.496 e. The fourth-order valence-corrected chi connectivity index (χ4v) is 1.37. The van der Waals surface area contributed by atoms with Gasteiger partial charge in [-0.3, -0.25) is 4.79 Å². The molecule has 7 heteroatoms. The fraction of sp³-hybridized carbons (Fsp3) is 0.222. The van der Waals surface area contributed by atoms with Crippen molar-refractivity contribution >= 4 is 21.7 Å². The van der Waals surface area contributed by atoms with E-state index in [9.17, 15) is 22.4 Å². The maximum Gasteiger partial charge on any atom is 0.455 e. The average Bonchev–Trinajstić information content (AvgIpc) is 2.19. The Balaban J connectivity index is 3.33. The normalized spacial score (nSPS) is 11.4. The lowest BCUT2D eigenvalue weighted by Crippen LogP contribution is -2.23. The van der Waals surface area contributed by atoms with Crippen LogP contribution in [-0.2, 0) is 0 Å². The number of ether oxygens (including phenoxy) is 1. The lowest BCUT2D eigenvalue weighted by Gasteiger charge is -2.10. The highest BCUT2D eigenvalue weighted by Crippen LogP contribution is 2.31. The van der Waals surface area contributed by atoms with Crippen LogP contribution in [0.2, 0.25) is 0 Å². The molecular weight excluding hydrogens is 296 g/mol. The summed E-state index contributed by atoms with van der Waals surface area (Å²) in [5, 5.41) is 0.